The fourth-order valence-corrected chi connectivity index (χ4v) is 3.16. The van der Waals surface area contributed by atoms with Crippen LogP contribution in [0.2, 0.25) is 0 Å². The summed E-state index contributed by atoms with van der Waals surface area (Å²) in [5.74, 6) is 0.332. The summed E-state index contributed by atoms with van der Waals surface area (Å²) >= 11 is 0. The number of aryl methyl sites for hydroxylation is 1. The molecule has 0 aromatic heterocycles. The molecule has 0 aliphatic rings. The Morgan fingerprint density at radius 3 is 2.48 bits per heavy atom. The van der Waals surface area contributed by atoms with Crippen LogP contribution in [-0.4, -0.2) is 25.6 Å². The highest BCUT2D eigenvalue weighted by atomic mass is 16.5. The second-order valence-corrected chi connectivity index (χ2v) is 7.21. The topological polar surface area (TPSA) is 73.9 Å². The molecule has 1 amide bonds. The summed E-state index contributed by atoms with van der Waals surface area (Å²) in [6, 6.07) is 20.2. The first-order chi connectivity index (χ1) is 16.0. The van der Waals surface area contributed by atoms with Crippen molar-refractivity contribution in [2.24, 2.45) is 0 Å². The van der Waals surface area contributed by atoms with Gasteiger partial charge in [0, 0.05) is 6.08 Å². The summed E-state index contributed by atoms with van der Waals surface area (Å²) in [6.45, 7) is 4.46. The highest BCUT2D eigenvalue weighted by Gasteiger charge is 2.13. The number of nitrogens with one attached hydrogen (secondary N) is 1. The van der Waals surface area contributed by atoms with E-state index in [1.807, 2.05) is 43.3 Å². The fourth-order valence-electron chi connectivity index (χ4n) is 3.16. The van der Waals surface area contributed by atoms with Gasteiger partial charge >= 0.3 is 5.97 Å². The Kier molecular flexibility index (Phi) is 8.24. The highest BCUT2D eigenvalue weighted by Crippen LogP contribution is 2.29. The van der Waals surface area contributed by atoms with Crippen molar-refractivity contribution in [3.05, 3.63) is 95.1 Å². The average molecular weight is 446 g/mol. The van der Waals surface area contributed by atoms with E-state index in [9.17, 15) is 9.59 Å². The lowest BCUT2D eigenvalue weighted by molar-refractivity contribution is -0.111. The third kappa shape index (κ3) is 6.46. The minimum atomic E-state index is -0.483. The number of carbonyl (C=O) groups excluding carboxylic acids is 2. The van der Waals surface area contributed by atoms with Crippen LogP contribution in [0.15, 0.2) is 72.8 Å². The third-order valence-corrected chi connectivity index (χ3v) is 4.94. The van der Waals surface area contributed by atoms with Crippen molar-refractivity contribution in [3.8, 4) is 11.5 Å². The van der Waals surface area contributed by atoms with Gasteiger partial charge < -0.3 is 19.5 Å². The van der Waals surface area contributed by atoms with Gasteiger partial charge in [-0.1, -0.05) is 42.5 Å². The lowest BCUT2D eigenvalue weighted by Gasteiger charge is -2.12. The number of amides is 1. The van der Waals surface area contributed by atoms with Crippen molar-refractivity contribution >= 4 is 23.6 Å². The molecule has 0 unspecified atom stereocenters. The molecule has 0 aliphatic heterocycles. The molecule has 0 heterocycles. The monoisotopic (exact) mass is 445 g/mol. The molecule has 0 saturated heterocycles. The molecule has 0 spiro atoms. The molecule has 3 aromatic carbocycles. The van der Waals surface area contributed by atoms with E-state index in [1.165, 1.54) is 6.08 Å². The second-order valence-electron chi connectivity index (χ2n) is 7.21. The van der Waals surface area contributed by atoms with E-state index < -0.39 is 5.97 Å². The summed E-state index contributed by atoms with van der Waals surface area (Å²) in [4.78, 5) is 24.5. The molecule has 170 valence electrons. The SMILES string of the molecule is CCOC(=O)c1ccccc1NC(=O)/C=C/c1ccc(OCc2ccccc2C)c(OC)c1. The number of hydrogen-bond donors (Lipinski definition) is 1. The molecule has 6 heteroatoms. The Balaban J connectivity index is 1.67. The second kappa shape index (κ2) is 11.5. The predicted octanol–water partition coefficient (Wildman–Crippen LogP) is 5.41. The molecule has 3 aromatic rings. The van der Waals surface area contributed by atoms with Crippen molar-refractivity contribution < 1.29 is 23.8 Å². The maximum Gasteiger partial charge on any atom is 0.340 e. The molecule has 1 N–H and O–H groups in total. The lowest BCUT2D eigenvalue weighted by atomic mass is 10.1. The molecule has 0 saturated carbocycles. The van der Waals surface area contributed by atoms with Crippen molar-refractivity contribution in [2.75, 3.05) is 19.0 Å². The number of carbonyl (C=O) groups is 2. The van der Waals surface area contributed by atoms with Gasteiger partial charge in [0.15, 0.2) is 11.5 Å². The first kappa shape index (κ1) is 23.6. The van der Waals surface area contributed by atoms with Crippen molar-refractivity contribution in [1.29, 1.82) is 0 Å². The summed E-state index contributed by atoms with van der Waals surface area (Å²) < 4.78 is 16.4. The Hall–Kier alpha value is -4.06. The molecule has 0 bridgehead atoms. The summed E-state index contributed by atoms with van der Waals surface area (Å²) in [5.41, 5.74) is 3.72. The molecular weight excluding hydrogens is 418 g/mol. The maximum atomic E-state index is 12.4. The van der Waals surface area contributed by atoms with E-state index >= 15 is 0 Å². The standard InChI is InChI=1S/C27H27NO5/c1-4-32-27(30)22-11-7-8-12-23(22)28-26(29)16-14-20-13-15-24(25(17-20)31-3)33-18-21-10-6-5-9-19(21)2/h5-17H,4,18H2,1-3H3,(H,28,29)/b16-14+. The van der Waals surface area contributed by atoms with Crippen LogP contribution >= 0.6 is 0 Å². The molecule has 3 rings (SSSR count). The molecule has 0 radical (unpaired) electrons. The van der Waals surface area contributed by atoms with Crippen LogP contribution in [0, 0.1) is 6.92 Å². The Bertz CT molecular complexity index is 1150. The average Bonchev–Trinajstić information content (AvgIpc) is 2.83. The number of anilines is 1. The Morgan fingerprint density at radius 1 is 0.970 bits per heavy atom. The van der Waals surface area contributed by atoms with E-state index in [2.05, 4.69) is 5.32 Å². The minimum absolute atomic E-state index is 0.257. The highest BCUT2D eigenvalue weighted by molar-refractivity contribution is 6.06. The zero-order valence-corrected chi connectivity index (χ0v) is 19.0. The van der Waals surface area contributed by atoms with Crippen molar-refractivity contribution in [2.45, 2.75) is 20.5 Å². The number of para-hydroxylation sites is 1. The van der Waals surface area contributed by atoms with E-state index in [0.717, 1.165) is 16.7 Å². The van der Waals surface area contributed by atoms with Gasteiger partial charge in [0.05, 0.1) is 25.0 Å². The van der Waals surface area contributed by atoms with Gasteiger partial charge in [-0.15, -0.1) is 0 Å². The van der Waals surface area contributed by atoms with Gasteiger partial charge in [0.1, 0.15) is 6.61 Å². The van der Waals surface area contributed by atoms with Gasteiger partial charge in [-0.2, -0.15) is 0 Å². The van der Waals surface area contributed by atoms with Crippen molar-refractivity contribution in [1.82, 2.24) is 0 Å². The smallest absolute Gasteiger partial charge is 0.340 e. The largest absolute Gasteiger partial charge is 0.493 e. The number of benzene rings is 3. The van der Waals surface area contributed by atoms with Crippen LogP contribution in [0.3, 0.4) is 0 Å². The van der Waals surface area contributed by atoms with Crippen LogP contribution in [0.5, 0.6) is 11.5 Å². The van der Waals surface area contributed by atoms with Gasteiger partial charge in [0.2, 0.25) is 5.91 Å². The van der Waals surface area contributed by atoms with Gasteiger partial charge in [-0.05, 0) is 60.9 Å². The molecular formula is C27H27NO5. The molecule has 33 heavy (non-hydrogen) atoms. The van der Waals surface area contributed by atoms with Gasteiger partial charge in [-0.25, -0.2) is 4.79 Å². The maximum absolute atomic E-state index is 12.4. The zero-order valence-electron chi connectivity index (χ0n) is 19.0. The zero-order chi connectivity index (χ0) is 23.6. The van der Waals surface area contributed by atoms with Crippen LogP contribution in [0.25, 0.3) is 6.08 Å². The Labute approximate surface area is 193 Å². The van der Waals surface area contributed by atoms with E-state index in [4.69, 9.17) is 14.2 Å². The Morgan fingerprint density at radius 2 is 1.73 bits per heavy atom. The van der Waals surface area contributed by atoms with Crippen LogP contribution in [0.1, 0.15) is 34.0 Å². The first-order valence-corrected chi connectivity index (χ1v) is 10.6. The van der Waals surface area contributed by atoms with Crippen molar-refractivity contribution in [3.63, 3.8) is 0 Å². The number of methoxy groups -OCH3 is 1. The molecule has 0 atom stereocenters. The number of ether oxygens (including phenoxy) is 3. The summed E-state index contributed by atoms with van der Waals surface area (Å²) in [5, 5.41) is 2.72. The van der Waals surface area contributed by atoms with Gasteiger partial charge in [-0.3, -0.25) is 4.79 Å². The van der Waals surface area contributed by atoms with E-state index in [-0.39, 0.29) is 12.5 Å². The van der Waals surface area contributed by atoms with Crippen LogP contribution in [0.4, 0.5) is 5.69 Å². The van der Waals surface area contributed by atoms with Crippen LogP contribution in [-0.2, 0) is 16.1 Å². The molecule has 6 nitrogen and oxygen atoms in total. The third-order valence-electron chi connectivity index (χ3n) is 4.94. The number of esters is 1. The normalized spacial score (nSPS) is 10.6. The van der Waals surface area contributed by atoms with Crippen LogP contribution < -0.4 is 14.8 Å². The van der Waals surface area contributed by atoms with Gasteiger partial charge in [0.25, 0.3) is 0 Å². The quantitative estimate of drug-likeness (QED) is 0.352. The predicted molar refractivity (Wildman–Crippen MR) is 129 cm³/mol. The molecule has 0 fully saturated rings. The van der Waals surface area contributed by atoms with E-state index in [1.54, 1.807) is 50.4 Å². The molecule has 0 aliphatic carbocycles. The summed E-state index contributed by atoms with van der Waals surface area (Å²) in [7, 11) is 1.57. The fraction of sp³-hybridized carbons (Fsp3) is 0.185. The number of rotatable bonds is 9. The lowest BCUT2D eigenvalue weighted by Crippen LogP contribution is -2.13. The van der Waals surface area contributed by atoms with E-state index in [0.29, 0.717) is 29.4 Å². The first-order valence-electron chi connectivity index (χ1n) is 10.6. The number of hydrogen-bond acceptors (Lipinski definition) is 5. The minimum Gasteiger partial charge on any atom is -0.493 e. The summed E-state index contributed by atoms with van der Waals surface area (Å²) in [6.07, 6.45) is 3.06.